The Morgan fingerprint density at radius 3 is 2.43 bits per heavy atom. The van der Waals surface area contributed by atoms with Crippen molar-refractivity contribution in [2.45, 2.75) is 52.7 Å². The molecule has 3 atom stereocenters. The van der Waals surface area contributed by atoms with E-state index in [1.165, 1.54) is 17.7 Å². The molecule has 0 saturated carbocycles. The molecule has 42 heavy (non-hydrogen) atoms. The number of nitrogens with one attached hydrogen (secondary N) is 1. The Labute approximate surface area is 247 Å². The van der Waals surface area contributed by atoms with Gasteiger partial charge in [0.05, 0.1) is 18.1 Å². The summed E-state index contributed by atoms with van der Waals surface area (Å²) in [5.41, 5.74) is 8.10. The van der Waals surface area contributed by atoms with Crippen LogP contribution in [0.5, 0.6) is 0 Å². The topological polar surface area (TPSA) is 105 Å². The summed E-state index contributed by atoms with van der Waals surface area (Å²) in [6.45, 7) is 7.40. The zero-order chi connectivity index (χ0) is 30.9. The monoisotopic (exact) mass is 583 g/mol. The molecule has 1 unspecified atom stereocenters. The first-order chi connectivity index (χ1) is 20.0. The Bertz CT molecular complexity index is 1290. The molecule has 0 radical (unpaired) electrons. The van der Waals surface area contributed by atoms with Crippen molar-refractivity contribution in [1.29, 1.82) is 0 Å². The van der Waals surface area contributed by atoms with E-state index in [0.29, 0.717) is 37.4 Å². The highest BCUT2D eigenvalue weighted by molar-refractivity contribution is 5.96. The Morgan fingerprint density at radius 2 is 1.81 bits per heavy atom. The van der Waals surface area contributed by atoms with E-state index >= 15 is 0 Å². The van der Waals surface area contributed by atoms with Crippen molar-refractivity contribution in [2.75, 3.05) is 33.4 Å². The summed E-state index contributed by atoms with van der Waals surface area (Å²) in [6.07, 6.45) is 3.06. The molecule has 228 valence electrons. The largest absolute Gasteiger partial charge is 0.391 e. The summed E-state index contributed by atoms with van der Waals surface area (Å²) in [4.78, 5) is 28.5. The first kappa shape index (κ1) is 33.1. The normalized spacial score (nSPS) is 18.2. The highest BCUT2D eigenvalue weighted by Crippen LogP contribution is 2.44. The second kappa shape index (κ2) is 15.2. The summed E-state index contributed by atoms with van der Waals surface area (Å²) < 4.78 is 33.5. The van der Waals surface area contributed by atoms with Crippen LogP contribution in [-0.4, -0.2) is 61.3 Å². The number of hydrogen-bond donors (Lipinski definition) is 3. The average molecular weight is 584 g/mol. The third-order valence-corrected chi connectivity index (χ3v) is 7.92. The Kier molecular flexibility index (Phi) is 12.0. The van der Waals surface area contributed by atoms with E-state index < -0.39 is 35.0 Å². The quantitative estimate of drug-likeness (QED) is 0.293. The number of nitrogens with two attached hydrogens (primary N) is 1. The van der Waals surface area contributed by atoms with Crippen molar-refractivity contribution >= 4 is 11.8 Å². The number of allylic oxidation sites excluding steroid dienone is 2. The Morgan fingerprint density at radius 1 is 1.12 bits per heavy atom. The van der Waals surface area contributed by atoms with Crippen molar-refractivity contribution in [3.8, 4) is 0 Å². The smallest absolute Gasteiger partial charge is 0.249 e. The van der Waals surface area contributed by atoms with Gasteiger partial charge < -0.3 is 25.8 Å². The van der Waals surface area contributed by atoms with Gasteiger partial charge in [0.15, 0.2) is 0 Å². The summed E-state index contributed by atoms with van der Waals surface area (Å²) in [5.74, 6) is -3.40. The zero-order valence-corrected chi connectivity index (χ0v) is 25.0. The van der Waals surface area contributed by atoms with Crippen LogP contribution in [0.15, 0.2) is 65.8 Å². The molecule has 0 aromatic heterocycles. The second-order valence-electron chi connectivity index (χ2n) is 11.0. The number of carbonyl (C=O) groups is 2. The van der Waals surface area contributed by atoms with Gasteiger partial charge >= 0.3 is 0 Å². The molecule has 4 N–H and O–H groups in total. The van der Waals surface area contributed by atoms with Gasteiger partial charge in [-0.1, -0.05) is 48.9 Å². The van der Waals surface area contributed by atoms with Gasteiger partial charge in [0.2, 0.25) is 11.8 Å². The molecule has 0 spiro atoms. The van der Waals surface area contributed by atoms with Crippen molar-refractivity contribution < 1.29 is 28.2 Å². The molecule has 3 rings (SSSR count). The van der Waals surface area contributed by atoms with E-state index in [9.17, 15) is 23.5 Å². The molecule has 2 aromatic rings. The van der Waals surface area contributed by atoms with Crippen molar-refractivity contribution in [2.24, 2.45) is 17.1 Å². The number of likely N-dealkylation sites (N-methyl/N-ethyl adjacent to an activating group) is 1. The van der Waals surface area contributed by atoms with E-state index in [0.717, 1.165) is 18.1 Å². The minimum atomic E-state index is -1.49. The number of hydrogen-bond acceptors (Lipinski definition) is 5. The fraction of sp³-hybridized carbons (Fsp3) is 0.455. The number of aliphatic hydroxyl groups is 1. The minimum Gasteiger partial charge on any atom is -0.391 e. The molecule has 0 heterocycles. The number of rotatable bonds is 15. The van der Waals surface area contributed by atoms with Crippen LogP contribution in [0.3, 0.4) is 0 Å². The van der Waals surface area contributed by atoms with Crippen LogP contribution < -0.4 is 11.1 Å². The number of primary amides is 1. The summed E-state index contributed by atoms with van der Waals surface area (Å²) in [6, 6.07) is 11.2. The molecule has 9 heteroatoms. The Hall–Kier alpha value is -3.40. The van der Waals surface area contributed by atoms with Crippen molar-refractivity contribution in [3.05, 3.63) is 94.1 Å². The third kappa shape index (κ3) is 8.33. The van der Waals surface area contributed by atoms with Gasteiger partial charge in [-0.2, -0.15) is 0 Å². The average Bonchev–Trinajstić information content (AvgIpc) is 2.95. The fourth-order valence-electron chi connectivity index (χ4n) is 5.77. The summed E-state index contributed by atoms with van der Waals surface area (Å²) in [5, 5.41) is 14.9. The van der Waals surface area contributed by atoms with Crippen LogP contribution in [-0.2, 0) is 33.7 Å². The highest BCUT2D eigenvalue weighted by atomic mass is 19.1. The number of amides is 2. The molecule has 2 amide bonds. The van der Waals surface area contributed by atoms with Crippen LogP contribution in [0.2, 0.25) is 0 Å². The van der Waals surface area contributed by atoms with Crippen LogP contribution in [0.1, 0.15) is 43.9 Å². The first-order valence-corrected chi connectivity index (χ1v) is 14.4. The lowest BCUT2D eigenvalue weighted by Crippen LogP contribution is -2.51. The number of aryl methyl sites for hydroxylation is 1. The van der Waals surface area contributed by atoms with Gasteiger partial charge in [-0.15, -0.1) is 0 Å². The molecule has 7 nitrogen and oxygen atoms in total. The van der Waals surface area contributed by atoms with Gasteiger partial charge in [-0.3, -0.25) is 9.59 Å². The van der Waals surface area contributed by atoms with Crippen molar-refractivity contribution in [1.82, 2.24) is 10.2 Å². The van der Waals surface area contributed by atoms with Gasteiger partial charge in [0, 0.05) is 50.8 Å². The number of halogens is 2. The van der Waals surface area contributed by atoms with E-state index in [2.05, 4.69) is 18.3 Å². The number of aliphatic hydroxyl groups excluding tert-OH is 1. The lowest BCUT2D eigenvalue weighted by atomic mass is 9.63. The van der Waals surface area contributed by atoms with Gasteiger partial charge in [0.25, 0.3) is 0 Å². The number of ether oxygens (including phenoxy) is 1. The first-order valence-electron chi connectivity index (χ1n) is 14.4. The minimum absolute atomic E-state index is 0.0434. The molecule has 0 aliphatic heterocycles. The number of nitrogens with zero attached hydrogens (tertiary/aromatic N) is 1. The molecular formula is C33H43F2N3O4. The number of carbonyl (C=O) groups excluding carboxylic acids is 2. The van der Waals surface area contributed by atoms with Gasteiger partial charge in [-0.25, -0.2) is 8.78 Å². The number of benzene rings is 2. The van der Waals surface area contributed by atoms with E-state index in [-0.39, 0.29) is 30.9 Å². The fourth-order valence-corrected chi connectivity index (χ4v) is 5.77. The van der Waals surface area contributed by atoms with Crippen LogP contribution >= 0.6 is 0 Å². The summed E-state index contributed by atoms with van der Waals surface area (Å²) in [7, 11) is 1.55. The van der Waals surface area contributed by atoms with E-state index in [1.807, 2.05) is 25.1 Å². The third-order valence-electron chi connectivity index (χ3n) is 7.92. The lowest BCUT2D eigenvalue weighted by molar-refractivity contribution is -0.132. The van der Waals surface area contributed by atoms with Crippen LogP contribution in [0, 0.1) is 23.0 Å². The highest BCUT2D eigenvalue weighted by Gasteiger charge is 2.48. The van der Waals surface area contributed by atoms with Crippen LogP contribution in [0.25, 0.3) is 0 Å². The van der Waals surface area contributed by atoms with E-state index in [1.54, 1.807) is 31.1 Å². The molecule has 1 aliphatic carbocycles. The van der Waals surface area contributed by atoms with Gasteiger partial charge in [-0.05, 0) is 61.9 Å². The Balaban J connectivity index is 1.96. The van der Waals surface area contributed by atoms with Gasteiger partial charge in [0.1, 0.15) is 11.6 Å². The maximum atomic E-state index is 14.2. The molecule has 2 aromatic carbocycles. The molecule has 0 bridgehead atoms. The SMILES string of the molecule is CCc1cccc(CNC[C@H](O)[C@@H](Cc2cc(F)cc(F)c2)C2(C(N)=O)C=C(C)C=C(C(=O)N(CC)CCOC)C2)c1. The molecule has 1 aliphatic rings. The van der Waals surface area contributed by atoms with E-state index in [4.69, 9.17) is 10.5 Å². The predicted octanol–water partition coefficient (Wildman–Crippen LogP) is 4.08. The molecular weight excluding hydrogens is 540 g/mol. The predicted molar refractivity (Wildman–Crippen MR) is 159 cm³/mol. The number of methoxy groups -OCH3 is 1. The van der Waals surface area contributed by atoms with Crippen molar-refractivity contribution in [3.63, 3.8) is 0 Å². The molecule has 0 saturated heterocycles. The maximum absolute atomic E-state index is 14.2. The zero-order valence-electron chi connectivity index (χ0n) is 25.0. The standard InChI is InChI=1S/C33H43F2N3O4/c1-5-23-8-7-9-24(13-23)20-37-21-30(39)29(16-25-14-27(34)17-28(35)15-25)33(32(36)41)18-22(3)12-26(19-33)31(40)38(6-2)10-11-42-4/h7-9,12-15,17-18,29-30,37,39H,5-6,10-11,16,19-21H2,1-4H3,(H2,36,41)/t29-,30+,33?/m1/s1. The maximum Gasteiger partial charge on any atom is 0.249 e. The summed E-state index contributed by atoms with van der Waals surface area (Å²) >= 11 is 0. The molecule has 0 fully saturated rings. The second-order valence-corrected chi connectivity index (χ2v) is 11.0. The lowest BCUT2D eigenvalue weighted by Gasteiger charge is -2.42. The van der Waals surface area contributed by atoms with Crippen LogP contribution in [0.4, 0.5) is 8.78 Å².